The lowest BCUT2D eigenvalue weighted by atomic mass is 9.69. The lowest BCUT2D eigenvalue weighted by molar-refractivity contribution is -0.140. The molecular formula is C18H23FN2O2. The Balaban J connectivity index is 1.88. The number of fused-ring (bicyclic) bond motifs is 2. The summed E-state index contributed by atoms with van der Waals surface area (Å²) in [4.78, 5) is 28.9. The van der Waals surface area contributed by atoms with E-state index in [1.54, 1.807) is 6.07 Å². The minimum atomic E-state index is -0.828. The van der Waals surface area contributed by atoms with E-state index in [-0.39, 0.29) is 24.1 Å². The fourth-order valence-corrected chi connectivity index (χ4v) is 3.91. The standard InChI is InChI=1S/C18H23FN2O2/c1-20(2)9-4-10-21-16(22)12-18(17(21)23)8-3-5-13-6-7-14(19)11-15(13)18/h6-7,11H,3-5,8-10,12H2,1-2H3. The van der Waals surface area contributed by atoms with Crippen LogP contribution < -0.4 is 0 Å². The van der Waals surface area contributed by atoms with Crippen molar-refractivity contribution in [3.05, 3.63) is 35.1 Å². The predicted octanol–water partition coefficient (Wildman–Crippen LogP) is 2.11. The molecule has 0 radical (unpaired) electrons. The zero-order valence-corrected chi connectivity index (χ0v) is 13.8. The third kappa shape index (κ3) is 2.78. The summed E-state index contributed by atoms with van der Waals surface area (Å²) in [5.74, 6) is -0.588. The monoisotopic (exact) mass is 318 g/mol. The Morgan fingerprint density at radius 2 is 2.09 bits per heavy atom. The number of nitrogens with zero attached hydrogens (tertiary/aromatic N) is 2. The zero-order chi connectivity index (χ0) is 16.6. The van der Waals surface area contributed by atoms with E-state index in [2.05, 4.69) is 0 Å². The van der Waals surface area contributed by atoms with Crippen molar-refractivity contribution in [3.8, 4) is 0 Å². The van der Waals surface area contributed by atoms with Crippen molar-refractivity contribution in [3.63, 3.8) is 0 Å². The van der Waals surface area contributed by atoms with Gasteiger partial charge in [0.25, 0.3) is 0 Å². The molecule has 124 valence electrons. The predicted molar refractivity (Wildman–Crippen MR) is 85.5 cm³/mol. The Hall–Kier alpha value is -1.75. The number of halogens is 1. The molecule has 1 aromatic rings. The highest BCUT2D eigenvalue weighted by molar-refractivity contribution is 6.09. The lowest BCUT2D eigenvalue weighted by Crippen LogP contribution is -2.41. The minimum Gasteiger partial charge on any atom is -0.309 e. The van der Waals surface area contributed by atoms with Crippen LogP contribution in [0.2, 0.25) is 0 Å². The average molecular weight is 318 g/mol. The van der Waals surface area contributed by atoms with Crippen LogP contribution in [0.15, 0.2) is 18.2 Å². The van der Waals surface area contributed by atoms with Gasteiger partial charge in [-0.2, -0.15) is 0 Å². The normalized spacial score (nSPS) is 23.9. The van der Waals surface area contributed by atoms with E-state index in [1.165, 1.54) is 17.0 Å². The molecule has 1 aliphatic heterocycles. The van der Waals surface area contributed by atoms with Gasteiger partial charge >= 0.3 is 0 Å². The van der Waals surface area contributed by atoms with Gasteiger partial charge in [-0.25, -0.2) is 4.39 Å². The molecule has 1 aromatic carbocycles. The fourth-order valence-electron chi connectivity index (χ4n) is 3.91. The number of hydrogen-bond acceptors (Lipinski definition) is 3. The van der Waals surface area contributed by atoms with Gasteiger partial charge in [-0.1, -0.05) is 6.07 Å². The molecule has 2 aliphatic rings. The summed E-state index contributed by atoms with van der Waals surface area (Å²) in [6.45, 7) is 1.28. The van der Waals surface area contributed by atoms with Crippen molar-refractivity contribution in [2.75, 3.05) is 27.2 Å². The number of carbonyl (C=O) groups is 2. The molecule has 4 nitrogen and oxygen atoms in total. The van der Waals surface area contributed by atoms with Crippen LogP contribution >= 0.6 is 0 Å². The molecule has 0 aromatic heterocycles. The number of amides is 2. The highest BCUT2D eigenvalue weighted by Gasteiger charge is 2.53. The molecule has 1 fully saturated rings. The Morgan fingerprint density at radius 1 is 1.30 bits per heavy atom. The largest absolute Gasteiger partial charge is 0.309 e. The summed E-state index contributed by atoms with van der Waals surface area (Å²) in [6.07, 6.45) is 3.29. The van der Waals surface area contributed by atoms with Crippen molar-refractivity contribution >= 4 is 11.8 Å². The first-order chi connectivity index (χ1) is 10.9. The Morgan fingerprint density at radius 3 is 2.83 bits per heavy atom. The maximum Gasteiger partial charge on any atom is 0.240 e. The van der Waals surface area contributed by atoms with Crippen molar-refractivity contribution in [2.24, 2.45) is 0 Å². The van der Waals surface area contributed by atoms with E-state index in [0.29, 0.717) is 13.0 Å². The summed E-state index contributed by atoms with van der Waals surface area (Å²) >= 11 is 0. The van der Waals surface area contributed by atoms with E-state index >= 15 is 0 Å². The maximum absolute atomic E-state index is 13.7. The van der Waals surface area contributed by atoms with Gasteiger partial charge in [0.2, 0.25) is 11.8 Å². The number of aryl methyl sites for hydroxylation is 1. The molecule has 3 rings (SSSR count). The second-order valence-corrected chi connectivity index (χ2v) is 6.92. The highest BCUT2D eigenvalue weighted by Crippen LogP contribution is 2.45. The number of likely N-dealkylation sites (tertiary alicyclic amines) is 1. The van der Waals surface area contributed by atoms with Gasteiger partial charge < -0.3 is 4.90 Å². The lowest BCUT2D eigenvalue weighted by Gasteiger charge is -2.33. The third-order valence-corrected chi connectivity index (χ3v) is 5.03. The van der Waals surface area contributed by atoms with Crippen LogP contribution in [-0.4, -0.2) is 48.8 Å². The Labute approximate surface area is 136 Å². The number of imide groups is 1. The first-order valence-electron chi connectivity index (χ1n) is 8.22. The highest BCUT2D eigenvalue weighted by atomic mass is 19.1. The Bertz CT molecular complexity index is 644. The van der Waals surface area contributed by atoms with E-state index in [0.717, 1.165) is 36.9 Å². The van der Waals surface area contributed by atoms with E-state index < -0.39 is 5.41 Å². The van der Waals surface area contributed by atoms with Gasteiger partial charge in [0.15, 0.2) is 0 Å². The molecule has 1 aliphatic carbocycles. The maximum atomic E-state index is 13.7. The summed E-state index contributed by atoms with van der Waals surface area (Å²) in [5.41, 5.74) is 0.913. The molecule has 1 heterocycles. The molecule has 2 amide bonds. The summed E-state index contributed by atoms with van der Waals surface area (Å²) in [6, 6.07) is 4.66. The van der Waals surface area contributed by atoms with Gasteiger partial charge in [0, 0.05) is 13.0 Å². The van der Waals surface area contributed by atoms with E-state index in [9.17, 15) is 14.0 Å². The molecule has 1 saturated heterocycles. The molecule has 0 saturated carbocycles. The van der Waals surface area contributed by atoms with Crippen LogP contribution in [0.3, 0.4) is 0 Å². The first-order valence-corrected chi connectivity index (χ1v) is 8.22. The topological polar surface area (TPSA) is 40.6 Å². The first kappa shape index (κ1) is 16.1. The molecule has 1 atom stereocenters. The fraction of sp³-hybridized carbons (Fsp3) is 0.556. The van der Waals surface area contributed by atoms with Crippen LogP contribution in [0.25, 0.3) is 0 Å². The van der Waals surface area contributed by atoms with Gasteiger partial charge in [-0.15, -0.1) is 0 Å². The number of benzene rings is 1. The SMILES string of the molecule is CN(C)CCCN1C(=O)CC2(CCCc3ccc(F)cc32)C1=O. The van der Waals surface area contributed by atoms with Crippen LogP contribution in [0.4, 0.5) is 4.39 Å². The Kier molecular flexibility index (Phi) is 4.23. The summed E-state index contributed by atoms with van der Waals surface area (Å²) in [7, 11) is 3.94. The quantitative estimate of drug-likeness (QED) is 0.799. The van der Waals surface area contributed by atoms with Crippen LogP contribution in [0, 0.1) is 5.82 Å². The van der Waals surface area contributed by atoms with Crippen molar-refractivity contribution < 1.29 is 14.0 Å². The number of rotatable bonds is 4. The summed E-state index contributed by atoms with van der Waals surface area (Å²) in [5, 5.41) is 0. The summed E-state index contributed by atoms with van der Waals surface area (Å²) < 4.78 is 13.7. The van der Waals surface area contributed by atoms with Crippen molar-refractivity contribution in [1.29, 1.82) is 0 Å². The average Bonchev–Trinajstić information content (AvgIpc) is 2.73. The molecule has 5 heteroatoms. The number of carbonyl (C=O) groups excluding carboxylic acids is 2. The van der Waals surface area contributed by atoms with Gasteiger partial charge in [-0.3, -0.25) is 14.5 Å². The minimum absolute atomic E-state index is 0.120. The van der Waals surface area contributed by atoms with E-state index in [4.69, 9.17) is 0 Å². The van der Waals surface area contributed by atoms with Crippen molar-refractivity contribution in [1.82, 2.24) is 9.80 Å². The van der Waals surface area contributed by atoms with Gasteiger partial charge in [-0.05, 0) is 69.6 Å². The molecule has 0 N–H and O–H groups in total. The molecule has 23 heavy (non-hydrogen) atoms. The molecule has 0 bridgehead atoms. The molecular weight excluding hydrogens is 295 g/mol. The second-order valence-electron chi connectivity index (χ2n) is 6.92. The third-order valence-electron chi connectivity index (χ3n) is 5.03. The van der Waals surface area contributed by atoms with Gasteiger partial charge in [0.1, 0.15) is 5.82 Å². The molecule has 1 unspecified atom stereocenters. The molecule has 1 spiro atoms. The number of hydrogen-bond donors (Lipinski definition) is 0. The van der Waals surface area contributed by atoms with Crippen LogP contribution in [0.5, 0.6) is 0 Å². The second kappa shape index (κ2) is 6.04. The van der Waals surface area contributed by atoms with Crippen LogP contribution in [0.1, 0.15) is 36.8 Å². The zero-order valence-electron chi connectivity index (χ0n) is 13.8. The van der Waals surface area contributed by atoms with Gasteiger partial charge in [0.05, 0.1) is 5.41 Å². The van der Waals surface area contributed by atoms with Crippen LogP contribution in [-0.2, 0) is 21.4 Å². The smallest absolute Gasteiger partial charge is 0.240 e. The van der Waals surface area contributed by atoms with E-state index in [1.807, 2.05) is 19.0 Å². The van der Waals surface area contributed by atoms with Crippen molar-refractivity contribution in [2.45, 2.75) is 37.5 Å².